The molecule has 0 radical (unpaired) electrons. The molecule has 0 saturated carbocycles. The van der Waals surface area contributed by atoms with Gasteiger partial charge in [-0.25, -0.2) is 4.98 Å². The molecule has 1 N–H and O–H groups in total. The van der Waals surface area contributed by atoms with E-state index in [9.17, 15) is 0 Å². The fourth-order valence-corrected chi connectivity index (χ4v) is 2.66. The molecular formula is C19H21N3O. The molecule has 1 heterocycles. The first-order valence-electron chi connectivity index (χ1n) is 7.65. The van der Waals surface area contributed by atoms with Crippen LogP contribution in [0.3, 0.4) is 0 Å². The zero-order chi connectivity index (χ0) is 16.1. The van der Waals surface area contributed by atoms with Crippen molar-refractivity contribution in [3.8, 4) is 5.75 Å². The van der Waals surface area contributed by atoms with Crippen LogP contribution in [0, 0.1) is 0 Å². The van der Waals surface area contributed by atoms with Crippen LogP contribution in [-0.2, 0) is 13.6 Å². The second kappa shape index (κ2) is 7.11. The molecule has 118 valence electrons. The third kappa shape index (κ3) is 3.60. The first kappa shape index (κ1) is 15.3. The van der Waals surface area contributed by atoms with Crippen molar-refractivity contribution in [1.82, 2.24) is 14.9 Å². The standard InChI is InChI=1S/C19H21N3O/c1-22-14-20-12-17(22)13-21-19(15-7-4-3-5-8-15)16-9-6-10-18(11-16)23-2/h3-12,14,19,21H,13H2,1-2H3. The van der Waals surface area contributed by atoms with E-state index in [4.69, 9.17) is 4.74 Å². The summed E-state index contributed by atoms with van der Waals surface area (Å²) in [5.41, 5.74) is 3.55. The maximum atomic E-state index is 5.37. The van der Waals surface area contributed by atoms with Crippen molar-refractivity contribution < 1.29 is 4.74 Å². The number of rotatable bonds is 6. The Morgan fingerprint density at radius 3 is 2.57 bits per heavy atom. The van der Waals surface area contributed by atoms with E-state index >= 15 is 0 Å². The molecule has 0 fully saturated rings. The smallest absolute Gasteiger partial charge is 0.119 e. The summed E-state index contributed by atoms with van der Waals surface area (Å²) in [7, 11) is 3.70. The minimum absolute atomic E-state index is 0.0983. The van der Waals surface area contributed by atoms with Gasteiger partial charge in [-0.05, 0) is 23.3 Å². The summed E-state index contributed by atoms with van der Waals surface area (Å²) in [4.78, 5) is 4.18. The molecule has 1 aromatic heterocycles. The van der Waals surface area contributed by atoms with E-state index in [-0.39, 0.29) is 6.04 Å². The SMILES string of the molecule is COc1cccc(C(NCc2cncn2C)c2ccccc2)c1. The number of hydrogen-bond acceptors (Lipinski definition) is 3. The van der Waals surface area contributed by atoms with Crippen molar-refractivity contribution in [2.45, 2.75) is 12.6 Å². The van der Waals surface area contributed by atoms with Crippen LogP contribution in [0.15, 0.2) is 67.1 Å². The molecule has 0 aliphatic carbocycles. The van der Waals surface area contributed by atoms with Crippen LogP contribution in [0.2, 0.25) is 0 Å². The largest absolute Gasteiger partial charge is 0.497 e. The molecule has 2 aromatic carbocycles. The van der Waals surface area contributed by atoms with Crippen molar-refractivity contribution in [2.24, 2.45) is 7.05 Å². The Bertz CT molecular complexity index is 752. The molecule has 4 heteroatoms. The van der Waals surface area contributed by atoms with Crippen LogP contribution >= 0.6 is 0 Å². The summed E-state index contributed by atoms with van der Waals surface area (Å²) >= 11 is 0. The number of benzene rings is 2. The van der Waals surface area contributed by atoms with Gasteiger partial charge in [0.15, 0.2) is 0 Å². The molecule has 4 nitrogen and oxygen atoms in total. The van der Waals surface area contributed by atoms with E-state index in [2.05, 4.69) is 46.7 Å². The first-order chi connectivity index (χ1) is 11.3. The molecule has 1 unspecified atom stereocenters. The van der Waals surface area contributed by atoms with E-state index < -0.39 is 0 Å². The highest BCUT2D eigenvalue weighted by molar-refractivity contribution is 5.36. The average molecular weight is 307 g/mol. The second-order valence-electron chi connectivity index (χ2n) is 5.50. The molecule has 1 atom stereocenters. The number of aromatic nitrogens is 2. The van der Waals surface area contributed by atoms with Crippen LogP contribution in [0.4, 0.5) is 0 Å². The van der Waals surface area contributed by atoms with E-state index in [1.54, 1.807) is 7.11 Å². The lowest BCUT2D eigenvalue weighted by molar-refractivity contribution is 0.413. The van der Waals surface area contributed by atoms with Crippen LogP contribution in [0.1, 0.15) is 22.9 Å². The first-order valence-corrected chi connectivity index (χ1v) is 7.65. The van der Waals surface area contributed by atoms with Crippen molar-refractivity contribution >= 4 is 0 Å². The lowest BCUT2D eigenvalue weighted by atomic mass is 9.98. The number of methoxy groups -OCH3 is 1. The molecule has 3 rings (SSSR count). The van der Waals surface area contributed by atoms with Gasteiger partial charge in [0.1, 0.15) is 5.75 Å². The zero-order valence-electron chi connectivity index (χ0n) is 13.4. The highest BCUT2D eigenvalue weighted by atomic mass is 16.5. The number of hydrogen-bond donors (Lipinski definition) is 1. The molecular weight excluding hydrogens is 286 g/mol. The normalized spacial score (nSPS) is 12.1. The number of nitrogens with zero attached hydrogens (tertiary/aromatic N) is 2. The van der Waals surface area contributed by atoms with Crippen LogP contribution < -0.4 is 10.1 Å². The predicted molar refractivity (Wildman–Crippen MR) is 91.3 cm³/mol. The molecule has 0 aliphatic rings. The Morgan fingerprint density at radius 2 is 1.87 bits per heavy atom. The number of imidazole rings is 1. The molecule has 3 aromatic rings. The Labute approximate surface area is 136 Å². The van der Waals surface area contributed by atoms with Crippen LogP contribution in [0.25, 0.3) is 0 Å². The second-order valence-corrected chi connectivity index (χ2v) is 5.50. The number of aryl methyl sites for hydroxylation is 1. The van der Waals surface area contributed by atoms with E-state index in [1.807, 2.05) is 42.3 Å². The lowest BCUT2D eigenvalue weighted by Crippen LogP contribution is -2.23. The Kier molecular flexibility index (Phi) is 4.74. The average Bonchev–Trinajstić information content (AvgIpc) is 3.01. The van der Waals surface area contributed by atoms with Crippen molar-refractivity contribution in [2.75, 3.05) is 7.11 Å². The third-order valence-corrected chi connectivity index (χ3v) is 3.96. The fraction of sp³-hybridized carbons (Fsp3) is 0.211. The highest BCUT2D eigenvalue weighted by Gasteiger charge is 2.14. The van der Waals surface area contributed by atoms with E-state index in [0.29, 0.717) is 0 Å². The van der Waals surface area contributed by atoms with Crippen molar-refractivity contribution in [3.63, 3.8) is 0 Å². The summed E-state index contributed by atoms with van der Waals surface area (Å²) in [6, 6.07) is 18.7. The van der Waals surface area contributed by atoms with E-state index in [0.717, 1.165) is 18.0 Å². The Hall–Kier alpha value is -2.59. The summed E-state index contributed by atoms with van der Waals surface area (Å²) < 4.78 is 7.40. The predicted octanol–water partition coefficient (Wildman–Crippen LogP) is 3.31. The van der Waals surface area contributed by atoms with Crippen molar-refractivity contribution in [1.29, 1.82) is 0 Å². The van der Waals surface area contributed by atoms with Gasteiger partial charge in [-0.15, -0.1) is 0 Å². The van der Waals surface area contributed by atoms with Crippen LogP contribution in [-0.4, -0.2) is 16.7 Å². The number of nitrogens with one attached hydrogen (secondary N) is 1. The third-order valence-electron chi connectivity index (χ3n) is 3.96. The molecule has 0 spiro atoms. The Balaban J connectivity index is 1.89. The lowest BCUT2D eigenvalue weighted by Gasteiger charge is -2.20. The van der Waals surface area contributed by atoms with Crippen molar-refractivity contribution in [3.05, 3.63) is 83.9 Å². The van der Waals surface area contributed by atoms with Gasteiger partial charge < -0.3 is 14.6 Å². The summed E-state index contributed by atoms with van der Waals surface area (Å²) in [6.45, 7) is 0.743. The van der Waals surface area contributed by atoms with Gasteiger partial charge in [-0.3, -0.25) is 0 Å². The summed E-state index contributed by atoms with van der Waals surface area (Å²) in [5, 5.41) is 3.63. The molecule has 0 saturated heterocycles. The molecule has 0 amide bonds. The van der Waals surface area contributed by atoms with Gasteiger partial charge in [0.05, 0.1) is 25.2 Å². The van der Waals surface area contributed by atoms with Crippen LogP contribution in [0.5, 0.6) is 5.75 Å². The highest BCUT2D eigenvalue weighted by Crippen LogP contribution is 2.25. The quantitative estimate of drug-likeness (QED) is 0.759. The monoisotopic (exact) mass is 307 g/mol. The van der Waals surface area contributed by atoms with Gasteiger partial charge in [0, 0.05) is 19.8 Å². The number of ether oxygens (including phenoxy) is 1. The van der Waals surface area contributed by atoms with Gasteiger partial charge in [-0.1, -0.05) is 42.5 Å². The molecule has 0 bridgehead atoms. The fourth-order valence-electron chi connectivity index (χ4n) is 2.66. The summed E-state index contributed by atoms with van der Waals surface area (Å²) in [6.07, 6.45) is 3.71. The molecule has 0 aliphatic heterocycles. The topological polar surface area (TPSA) is 39.1 Å². The minimum atomic E-state index is 0.0983. The van der Waals surface area contributed by atoms with Gasteiger partial charge in [0.25, 0.3) is 0 Å². The van der Waals surface area contributed by atoms with Gasteiger partial charge in [-0.2, -0.15) is 0 Å². The zero-order valence-corrected chi connectivity index (χ0v) is 13.4. The maximum Gasteiger partial charge on any atom is 0.119 e. The molecule has 23 heavy (non-hydrogen) atoms. The van der Waals surface area contributed by atoms with Gasteiger partial charge in [0.2, 0.25) is 0 Å². The minimum Gasteiger partial charge on any atom is -0.497 e. The van der Waals surface area contributed by atoms with E-state index in [1.165, 1.54) is 11.1 Å². The van der Waals surface area contributed by atoms with Gasteiger partial charge >= 0.3 is 0 Å². The summed E-state index contributed by atoms with van der Waals surface area (Å²) in [5.74, 6) is 0.866. The maximum absolute atomic E-state index is 5.37. The Morgan fingerprint density at radius 1 is 1.09 bits per heavy atom.